The van der Waals surface area contributed by atoms with E-state index < -0.39 is 0 Å². The summed E-state index contributed by atoms with van der Waals surface area (Å²) in [6.45, 7) is 4.29. The minimum atomic E-state index is 0.133. The van der Waals surface area contributed by atoms with Gasteiger partial charge in [-0.05, 0) is 62.0 Å². The lowest BCUT2D eigenvalue weighted by molar-refractivity contribution is -0.119. The second-order valence-corrected chi connectivity index (χ2v) is 5.76. The molecule has 1 saturated heterocycles. The monoisotopic (exact) mass is 276 g/mol. The highest BCUT2D eigenvalue weighted by Crippen LogP contribution is 2.24. The van der Waals surface area contributed by atoms with Crippen LogP contribution in [0.4, 0.5) is 5.69 Å². The predicted molar refractivity (Wildman–Crippen MR) is 80.9 cm³/mol. The first kappa shape index (κ1) is 14.9. The SMILES string of the molecule is CC(CC(=O)N(C)c1ccc(O)cc1)C1CCCNC1. The number of nitrogens with one attached hydrogen (secondary N) is 1. The molecule has 0 bridgehead atoms. The van der Waals surface area contributed by atoms with E-state index in [0.717, 1.165) is 18.8 Å². The largest absolute Gasteiger partial charge is 0.508 e. The van der Waals surface area contributed by atoms with Gasteiger partial charge in [-0.15, -0.1) is 0 Å². The summed E-state index contributed by atoms with van der Waals surface area (Å²) in [5, 5.41) is 12.7. The third-order valence-electron chi connectivity index (χ3n) is 4.25. The van der Waals surface area contributed by atoms with Crippen molar-refractivity contribution in [3.05, 3.63) is 24.3 Å². The number of rotatable bonds is 4. The average Bonchev–Trinajstić information content (AvgIpc) is 2.48. The Morgan fingerprint density at radius 2 is 2.15 bits per heavy atom. The summed E-state index contributed by atoms with van der Waals surface area (Å²) < 4.78 is 0. The number of piperidine rings is 1. The zero-order valence-corrected chi connectivity index (χ0v) is 12.3. The van der Waals surface area contributed by atoms with Crippen LogP contribution in [0.3, 0.4) is 0 Å². The van der Waals surface area contributed by atoms with Crippen molar-refractivity contribution in [1.82, 2.24) is 5.32 Å². The standard InChI is InChI=1S/C16H24N2O2/c1-12(13-4-3-9-17-11-13)10-16(20)18(2)14-5-7-15(19)8-6-14/h5-8,12-13,17,19H,3-4,9-11H2,1-2H3. The van der Waals surface area contributed by atoms with Gasteiger partial charge in [0.05, 0.1) is 0 Å². The smallest absolute Gasteiger partial charge is 0.226 e. The van der Waals surface area contributed by atoms with E-state index in [1.165, 1.54) is 12.8 Å². The maximum atomic E-state index is 12.3. The molecule has 0 aromatic heterocycles. The Morgan fingerprint density at radius 3 is 2.75 bits per heavy atom. The summed E-state index contributed by atoms with van der Waals surface area (Å²) >= 11 is 0. The highest BCUT2D eigenvalue weighted by molar-refractivity contribution is 5.92. The van der Waals surface area contributed by atoms with E-state index in [9.17, 15) is 9.90 Å². The summed E-state index contributed by atoms with van der Waals surface area (Å²) in [7, 11) is 1.79. The van der Waals surface area contributed by atoms with Crippen LogP contribution in [0.15, 0.2) is 24.3 Å². The number of aromatic hydroxyl groups is 1. The molecule has 1 aliphatic heterocycles. The van der Waals surface area contributed by atoms with E-state index >= 15 is 0 Å². The first-order valence-corrected chi connectivity index (χ1v) is 7.34. The molecule has 4 heteroatoms. The van der Waals surface area contributed by atoms with Crippen molar-refractivity contribution in [3.8, 4) is 5.75 Å². The van der Waals surface area contributed by atoms with Crippen molar-refractivity contribution < 1.29 is 9.90 Å². The van der Waals surface area contributed by atoms with Crippen molar-refractivity contribution >= 4 is 11.6 Å². The molecule has 2 unspecified atom stereocenters. The van der Waals surface area contributed by atoms with E-state index in [4.69, 9.17) is 0 Å². The lowest BCUT2D eigenvalue weighted by Gasteiger charge is -2.29. The Hall–Kier alpha value is -1.55. The Labute approximate surface area is 120 Å². The van der Waals surface area contributed by atoms with E-state index in [2.05, 4.69) is 12.2 Å². The van der Waals surface area contributed by atoms with Gasteiger partial charge in [-0.25, -0.2) is 0 Å². The van der Waals surface area contributed by atoms with Crippen LogP contribution in [0.5, 0.6) is 5.75 Å². The molecule has 0 radical (unpaired) electrons. The Morgan fingerprint density at radius 1 is 1.45 bits per heavy atom. The second kappa shape index (κ2) is 6.75. The number of carbonyl (C=O) groups excluding carboxylic acids is 1. The number of phenols is 1. The van der Waals surface area contributed by atoms with Gasteiger partial charge in [0.1, 0.15) is 5.75 Å². The van der Waals surface area contributed by atoms with E-state index in [1.54, 1.807) is 36.2 Å². The molecule has 0 aliphatic carbocycles. The molecule has 1 aromatic carbocycles. The average molecular weight is 276 g/mol. The van der Waals surface area contributed by atoms with Gasteiger partial charge in [0.2, 0.25) is 5.91 Å². The van der Waals surface area contributed by atoms with Gasteiger partial charge >= 0.3 is 0 Å². The van der Waals surface area contributed by atoms with E-state index in [1.807, 2.05) is 0 Å². The number of hydrogen-bond acceptors (Lipinski definition) is 3. The molecule has 4 nitrogen and oxygen atoms in total. The summed E-state index contributed by atoms with van der Waals surface area (Å²) in [4.78, 5) is 14.0. The minimum Gasteiger partial charge on any atom is -0.508 e. The lowest BCUT2D eigenvalue weighted by Crippen LogP contribution is -2.36. The molecule has 1 heterocycles. The number of anilines is 1. The molecule has 2 N–H and O–H groups in total. The quantitative estimate of drug-likeness (QED) is 0.887. The zero-order chi connectivity index (χ0) is 14.5. The Kier molecular flexibility index (Phi) is 5.01. The fourth-order valence-corrected chi connectivity index (χ4v) is 2.76. The number of phenolic OH excluding ortho intramolecular Hbond substituents is 1. The third-order valence-corrected chi connectivity index (χ3v) is 4.25. The normalized spacial score (nSPS) is 20.4. The third kappa shape index (κ3) is 3.73. The number of hydrogen-bond donors (Lipinski definition) is 2. The van der Waals surface area contributed by atoms with Gasteiger partial charge < -0.3 is 15.3 Å². The molecule has 1 amide bonds. The minimum absolute atomic E-state index is 0.133. The van der Waals surface area contributed by atoms with Crippen LogP contribution in [0.2, 0.25) is 0 Å². The molecule has 1 fully saturated rings. The lowest BCUT2D eigenvalue weighted by atomic mass is 9.85. The highest BCUT2D eigenvalue weighted by atomic mass is 16.3. The maximum absolute atomic E-state index is 12.3. The van der Waals surface area contributed by atoms with Crippen molar-refractivity contribution in [2.24, 2.45) is 11.8 Å². The first-order chi connectivity index (χ1) is 9.58. The van der Waals surface area contributed by atoms with Crippen LogP contribution in [-0.4, -0.2) is 31.2 Å². The fourth-order valence-electron chi connectivity index (χ4n) is 2.76. The Bertz CT molecular complexity index is 438. The highest BCUT2D eigenvalue weighted by Gasteiger charge is 2.23. The first-order valence-electron chi connectivity index (χ1n) is 7.34. The molecule has 0 saturated carbocycles. The van der Waals surface area contributed by atoms with Crippen molar-refractivity contribution in [2.45, 2.75) is 26.2 Å². The van der Waals surface area contributed by atoms with Crippen LogP contribution in [-0.2, 0) is 4.79 Å². The van der Waals surface area contributed by atoms with Crippen molar-refractivity contribution in [1.29, 1.82) is 0 Å². The second-order valence-electron chi connectivity index (χ2n) is 5.76. The van der Waals surface area contributed by atoms with Crippen LogP contribution >= 0.6 is 0 Å². The number of benzene rings is 1. The summed E-state index contributed by atoms with van der Waals surface area (Å²) in [5.74, 6) is 1.35. The van der Waals surface area contributed by atoms with E-state index in [0.29, 0.717) is 18.3 Å². The fraction of sp³-hybridized carbons (Fsp3) is 0.562. The number of amides is 1. The van der Waals surface area contributed by atoms with E-state index in [-0.39, 0.29) is 11.7 Å². The molecule has 1 aromatic rings. The van der Waals surface area contributed by atoms with Crippen molar-refractivity contribution in [3.63, 3.8) is 0 Å². The molecule has 20 heavy (non-hydrogen) atoms. The van der Waals surface area contributed by atoms with Crippen LogP contribution in [0, 0.1) is 11.8 Å². The molecule has 2 rings (SSSR count). The molecular formula is C16H24N2O2. The molecule has 110 valence electrons. The van der Waals surface area contributed by atoms with Crippen LogP contribution in [0.1, 0.15) is 26.2 Å². The molecule has 1 aliphatic rings. The van der Waals surface area contributed by atoms with Gasteiger partial charge in [-0.1, -0.05) is 6.92 Å². The summed E-state index contributed by atoms with van der Waals surface area (Å²) in [6, 6.07) is 6.74. The molecule has 2 atom stereocenters. The van der Waals surface area contributed by atoms with Crippen molar-refractivity contribution in [2.75, 3.05) is 25.0 Å². The van der Waals surface area contributed by atoms with Gasteiger partial charge in [0.25, 0.3) is 0 Å². The molecular weight excluding hydrogens is 252 g/mol. The summed E-state index contributed by atoms with van der Waals surface area (Å²) in [6.07, 6.45) is 2.99. The van der Waals surface area contributed by atoms with Gasteiger partial charge in [-0.3, -0.25) is 4.79 Å². The van der Waals surface area contributed by atoms with Crippen LogP contribution < -0.4 is 10.2 Å². The van der Waals surface area contributed by atoms with Gasteiger partial charge in [0, 0.05) is 19.2 Å². The number of nitrogens with zero attached hydrogens (tertiary/aromatic N) is 1. The summed E-state index contributed by atoms with van der Waals surface area (Å²) in [5.41, 5.74) is 0.821. The van der Waals surface area contributed by atoms with Gasteiger partial charge in [0.15, 0.2) is 0 Å². The maximum Gasteiger partial charge on any atom is 0.226 e. The van der Waals surface area contributed by atoms with Crippen LogP contribution in [0.25, 0.3) is 0 Å². The number of carbonyl (C=O) groups is 1. The topological polar surface area (TPSA) is 52.6 Å². The molecule has 0 spiro atoms. The van der Waals surface area contributed by atoms with Gasteiger partial charge in [-0.2, -0.15) is 0 Å². The zero-order valence-electron chi connectivity index (χ0n) is 12.3. The predicted octanol–water partition coefficient (Wildman–Crippen LogP) is 2.38. The Balaban J connectivity index is 1.91.